The molecule has 0 radical (unpaired) electrons. The van der Waals surface area contributed by atoms with Gasteiger partial charge < -0.3 is 4.74 Å². The van der Waals surface area contributed by atoms with Crippen molar-refractivity contribution in [3.63, 3.8) is 0 Å². The lowest BCUT2D eigenvalue weighted by Gasteiger charge is -2.15. The summed E-state index contributed by atoms with van der Waals surface area (Å²) < 4.78 is 6.82. The number of para-hydroxylation sites is 1. The molecule has 0 aliphatic rings. The van der Waals surface area contributed by atoms with Crippen molar-refractivity contribution < 1.29 is 4.74 Å². The van der Waals surface area contributed by atoms with Crippen molar-refractivity contribution in [1.29, 1.82) is 5.26 Å². The maximum Gasteiger partial charge on any atom is 0.130 e. The number of hydrogen-bond acceptors (Lipinski definition) is 2. The molecular formula is C17H16BrNO. The van der Waals surface area contributed by atoms with Crippen molar-refractivity contribution in [3.05, 3.63) is 58.1 Å². The number of hydrogen-bond donors (Lipinski definition) is 0. The van der Waals surface area contributed by atoms with Gasteiger partial charge in [0.15, 0.2) is 0 Å². The Morgan fingerprint density at radius 2 is 2.00 bits per heavy atom. The number of benzene rings is 2. The zero-order valence-corrected chi connectivity index (χ0v) is 13.1. The summed E-state index contributed by atoms with van der Waals surface area (Å²) in [4.78, 5) is 0. The van der Waals surface area contributed by atoms with E-state index in [1.165, 1.54) is 5.56 Å². The van der Waals surface area contributed by atoms with E-state index in [-0.39, 0.29) is 0 Å². The molecule has 1 unspecified atom stereocenters. The van der Waals surface area contributed by atoms with Crippen LogP contribution in [0.2, 0.25) is 0 Å². The molecule has 2 aromatic rings. The lowest BCUT2D eigenvalue weighted by molar-refractivity contribution is 0.470. The Hall–Kier alpha value is -1.79. The Morgan fingerprint density at radius 3 is 2.70 bits per heavy atom. The number of nitriles is 1. The van der Waals surface area contributed by atoms with Crippen LogP contribution in [0.4, 0.5) is 0 Å². The molecule has 0 spiro atoms. The van der Waals surface area contributed by atoms with Gasteiger partial charge in [-0.2, -0.15) is 5.26 Å². The van der Waals surface area contributed by atoms with E-state index in [1.807, 2.05) is 24.3 Å². The lowest BCUT2D eigenvalue weighted by atomic mass is 9.98. The fourth-order valence-electron chi connectivity index (χ4n) is 2.01. The largest absolute Gasteiger partial charge is 0.457 e. The van der Waals surface area contributed by atoms with E-state index < -0.39 is 0 Å². The van der Waals surface area contributed by atoms with E-state index in [1.54, 1.807) is 12.1 Å². The molecule has 2 rings (SSSR count). The molecular weight excluding hydrogens is 314 g/mol. The Morgan fingerprint density at radius 1 is 1.25 bits per heavy atom. The van der Waals surface area contributed by atoms with E-state index in [0.717, 1.165) is 16.6 Å². The van der Waals surface area contributed by atoms with Crippen molar-refractivity contribution in [3.8, 4) is 17.6 Å². The first kappa shape index (κ1) is 14.6. The predicted molar refractivity (Wildman–Crippen MR) is 84.1 cm³/mol. The van der Waals surface area contributed by atoms with E-state index in [2.05, 4.69) is 41.9 Å². The van der Waals surface area contributed by atoms with Crippen LogP contribution in [0.3, 0.4) is 0 Å². The molecule has 0 amide bonds. The fourth-order valence-corrected chi connectivity index (χ4v) is 2.49. The number of ether oxygens (including phenoxy) is 1. The van der Waals surface area contributed by atoms with Crippen LogP contribution in [0.15, 0.2) is 46.9 Å². The molecule has 0 saturated heterocycles. The summed E-state index contributed by atoms with van der Waals surface area (Å²) in [5.74, 6) is 1.96. The van der Waals surface area contributed by atoms with Gasteiger partial charge in [-0.15, -0.1) is 0 Å². The monoisotopic (exact) mass is 329 g/mol. The highest BCUT2D eigenvalue weighted by Gasteiger charge is 2.11. The summed E-state index contributed by atoms with van der Waals surface area (Å²) in [6.07, 6.45) is 1.06. The second-order valence-corrected chi connectivity index (χ2v) is 5.65. The fraction of sp³-hybridized carbons (Fsp3) is 0.235. The van der Waals surface area contributed by atoms with Crippen LogP contribution in [-0.4, -0.2) is 0 Å². The van der Waals surface area contributed by atoms with Crippen LogP contribution in [0.25, 0.3) is 0 Å². The maximum atomic E-state index is 9.01. The van der Waals surface area contributed by atoms with Gasteiger partial charge in [0, 0.05) is 4.47 Å². The predicted octanol–water partition coefficient (Wildman–Crippen LogP) is 5.63. The van der Waals surface area contributed by atoms with E-state index in [4.69, 9.17) is 10.00 Å². The van der Waals surface area contributed by atoms with Crippen molar-refractivity contribution in [2.75, 3.05) is 0 Å². The summed E-state index contributed by atoms with van der Waals surface area (Å²) >= 11 is 3.40. The first-order valence-corrected chi connectivity index (χ1v) is 7.40. The minimum atomic E-state index is 0.439. The average Bonchev–Trinajstić information content (AvgIpc) is 2.46. The summed E-state index contributed by atoms with van der Waals surface area (Å²) in [5, 5.41) is 9.01. The standard InChI is InChI=1S/C17H16BrNO/c1-3-12(2)16-6-4-5-7-17(16)20-15-9-13(11-19)8-14(18)10-15/h4-10,12H,3H2,1-2H3. The van der Waals surface area contributed by atoms with Crippen LogP contribution in [0, 0.1) is 11.3 Å². The number of halogens is 1. The molecule has 0 aromatic heterocycles. The van der Waals surface area contributed by atoms with Crippen LogP contribution in [0.1, 0.15) is 37.3 Å². The third kappa shape index (κ3) is 3.40. The molecule has 0 aliphatic heterocycles. The molecule has 3 heteroatoms. The summed E-state index contributed by atoms with van der Waals surface area (Å²) in [7, 11) is 0. The molecule has 0 saturated carbocycles. The molecule has 0 bridgehead atoms. The molecule has 2 aromatic carbocycles. The molecule has 1 atom stereocenters. The zero-order chi connectivity index (χ0) is 14.5. The number of nitrogens with zero attached hydrogens (tertiary/aromatic N) is 1. The van der Waals surface area contributed by atoms with Gasteiger partial charge in [-0.3, -0.25) is 0 Å². The van der Waals surface area contributed by atoms with Crippen LogP contribution >= 0.6 is 15.9 Å². The third-order valence-electron chi connectivity index (χ3n) is 3.29. The first-order valence-electron chi connectivity index (χ1n) is 6.61. The summed E-state index contributed by atoms with van der Waals surface area (Å²) in [6, 6.07) is 15.6. The van der Waals surface area contributed by atoms with Gasteiger partial charge in [0.2, 0.25) is 0 Å². The summed E-state index contributed by atoms with van der Waals surface area (Å²) in [5.41, 5.74) is 1.77. The Labute approximate surface area is 128 Å². The highest BCUT2D eigenvalue weighted by atomic mass is 79.9. The normalized spacial score (nSPS) is 11.7. The molecule has 20 heavy (non-hydrogen) atoms. The van der Waals surface area contributed by atoms with Crippen LogP contribution in [0.5, 0.6) is 11.5 Å². The zero-order valence-electron chi connectivity index (χ0n) is 11.6. The topological polar surface area (TPSA) is 33.0 Å². The average molecular weight is 330 g/mol. The molecule has 102 valence electrons. The molecule has 0 N–H and O–H groups in total. The molecule has 0 fully saturated rings. The maximum absolute atomic E-state index is 9.01. The van der Waals surface area contributed by atoms with Gasteiger partial charge in [-0.05, 0) is 42.2 Å². The van der Waals surface area contributed by atoms with Crippen molar-refractivity contribution in [2.24, 2.45) is 0 Å². The quantitative estimate of drug-likeness (QED) is 0.728. The van der Waals surface area contributed by atoms with Gasteiger partial charge in [-0.1, -0.05) is 48.0 Å². The number of rotatable bonds is 4. The highest BCUT2D eigenvalue weighted by Crippen LogP contribution is 2.33. The van der Waals surface area contributed by atoms with Gasteiger partial charge in [0.05, 0.1) is 11.6 Å². The Balaban J connectivity index is 2.35. The molecule has 0 aliphatic carbocycles. The molecule has 2 nitrogen and oxygen atoms in total. The van der Waals surface area contributed by atoms with Crippen LogP contribution in [-0.2, 0) is 0 Å². The molecule has 0 heterocycles. The SMILES string of the molecule is CCC(C)c1ccccc1Oc1cc(Br)cc(C#N)c1. The van der Waals surface area contributed by atoms with E-state index in [0.29, 0.717) is 17.2 Å². The Bertz CT molecular complexity index is 646. The van der Waals surface area contributed by atoms with E-state index in [9.17, 15) is 0 Å². The Kier molecular flexibility index (Phi) is 4.81. The first-order chi connectivity index (χ1) is 9.63. The van der Waals surface area contributed by atoms with Crippen molar-refractivity contribution >= 4 is 15.9 Å². The van der Waals surface area contributed by atoms with Gasteiger partial charge >= 0.3 is 0 Å². The highest BCUT2D eigenvalue weighted by molar-refractivity contribution is 9.10. The van der Waals surface area contributed by atoms with Crippen LogP contribution < -0.4 is 4.74 Å². The lowest BCUT2D eigenvalue weighted by Crippen LogP contribution is -1.96. The van der Waals surface area contributed by atoms with E-state index >= 15 is 0 Å². The second-order valence-electron chi connectivity index (χ2n) is 4.74. The smallest absolute Gasteiger partial charge is 0.130 e. The van der Waals surface area contributed by atoms with Gasteiger partial charge in [0.1, 0.15) is 11.5 Å². The minimum absolute atomic E-state index is 0.439. The van der Waals surface area contributed by atoms with Crippen molar-refractivity contribution in [1.82, 2.24) is 0 Å². The third-order valence-corrected chi connectivity index (χ3v) is 3.75. The van der Waals surface area contributed by atoms with Gasteiger partial charge in [-0.25, -0.2) is 0 Å². The minimum Gasteiger partial charge on any atom is -0.457 e. The summed E-state index contributed by atoms with van der Waals surface area (Å²) in [6.45, 7) is 4.35. The van der Waals surface area contributed by atoms with Gasteiger partial charge in [0.25, 0.3) is 0 Å². The second kappa shape index (κ2) is 6.58. The van der Waals surface area contributed by atoms with Crippen molar-refractivity contribution in [2.45, 2.75) is 26.2 Å².